The van der Waals surface area contributed by atoms with Gasteiger partial charge in [-0.3, -0.25) is 4.79 Å². The van der Waals surface area contributed by atoms with Gasteiger partial charge in [0.25, 0.3) is 0 Å². The number of rotatable bonds is 6. The average Bonchev–Trinajstić information content (AvgIpc) is 2.96. The summed E-state index contributed by atoms with van der Waals surface area (Å²) in [5.74, 6) is -5.53. The highest BCUT2D eigenvalue weighted by molar-refractivity contribution is 5.88. The maximum atomic E-state index is 13.7. The van der Waals surface area contributed by atoms with Gasteiger partial charge in [-0.25, -0.2) is 4.79 Å². The van der Waals surface area contributed by atoms with E-state index in [1.165, 1.54) is 13.0 Å². The van der Waals surface area contributed by atoms with Gasteiger partial charge in [-0.1, -0.05) is 0 Å². The number of carbonyl (C=O) groups is 1. The second-order valence-electron chi connectivity index (χ2n) is 10.3. The van der Waals surface area contributed by atoms with E-state index in [-0.39, 0.29) is 11.1 Å². The normalized spacial score (nSPS) is 32.4. The molecular formula is C27H28O17. The third-order valence-electron chi connectivity index (χ3n) is 7.28. The van der Waals surface area contributed by atoms with E-state index >= 15 is 0 Å². The van der Waals surface area contributed by atoms with Gasteiger partial charge in [-0.05, 0) is 25.1 Å². The van der Waals surface area contributed by atoms with E-state index in [1.54, 1.807) is 0 Å². The van der Waals surface area contributed by atoms with Gasteiger partial charge < -0.3 is 74.4 Å². The molecular weight excluding hydrogens is 596 g/mol. The molecule has 2 aliphatic rings. The lowest BCUT2D eigenvalue weighted by molar-refractivity contribution is -0.351. The molecule has 0 amide bonds. The number of aliphatic hydroxyl groups is 5. The van der Waals surface area contributed by atoms with Gasteiger partial charge in [0.1, 0.15) is 53.0 Å². The van der Waals surface area contributed by atoms with Crippen LogP contribution in [0.15, 0.2) is 39.5 Å². The summed E-state index contributed by atoms with van der Waals surface area (Å²) in [6.07, 6.45) is -18.7. The molecule has 44 heavy (non-hydrogen) atoms. The number of phenolic OH excluding ortho intramolecular Hbond substituents is 4. The molecule has 238 valence electrons. The van der Waals surface area contributed by atoms with Gasteiger partial charge in [0.2, 0.25) is 17.5 Å². The fourth-order valence-corrected chi connectivity index (χ4v) is 4.91. The zero-order chi connectivity index (χ0) is 32.2. The molecule has 3 aromatic rings. The topological polar surface area (TPSA) is 286 Å². The van der Waals surface area contributed by atoms with Crippen molar-refractivity contribution in [3.05, 3.63) is 40.6 Å². The molecule has 2 aliphatic heterocycles. The van der Waals surface area contributed by atoms with Crippen molar-refractivity contribution >= 4 is 16.9 Å². The van der Waals surface area contributed by atoms with Gasteiger partial charge in [-0.15, -0.1) is 0 Å². The molecule has 0 radical (unpaired) electrons. The Morgan fingerprint density at radius 1 is 0.795 bits per heavy atom. The van der Waals surface area contributed by atoms with E-state index in [2.05, 4.69) is 0 Å². The number of ether oxygens (including phenoxy) is 4. The fourth-order valence-electron chi connectivity index (χ4n) is 4.91. The first kappa shape index (κ1) is 31.2. The summed E-state index contributed by atoms with van der Waals surface area (Å²) in [6, 6.07) is 4.98. The van der Waals surface area contributed by atoms with E-state index in [4.69, 9.17) is 23.4 Å². The Morgan fingerprint density at radius 2 is 1.50 bits per heavy atom. The molecule has 5 rings (SSSR count). The molecule has 17 nitrogen and oxygen atoms in total. The maximum Gasteiger partial charge on any atom is 0.335 e. The van der Waals surface area contributed by atoms with Crippen LogP contribution in [0.4, 0.5) is 0 Å². The molecule has 3 heterocycles. The lowest BCUT2D eigenvalue weighted by atomic mass is 9.97. The highest BCUT2D eigenvalue weighted by Crippen LogP contribution is 2.40. The largest absolute Gasteiger partial charge is 0.508 e. The summed E-state index contributed by atoms with van der Waals surface area (Å²) in [7, 11) is 0. The second-order valence-corrected chi connectivity index (χ2v) is 10.3. The fraction of sp³-hybridized carbons (Fsp3) is 0.407. The SMILES string of the molecule is C[C@@H]1O[C@@H](O[C@H]2[C@H](Oc3c(-c4ccc(O)c(O)c4)oc4cc(O)cc(O)c4c3=O)O[C@H](C(=O)O)[C@@H](O)[C@@H]2O)[C@H](O)[C@H](O)[C@H]1O. The van der Waals surface area contributed by atoms with Gasteiger partial charge in [0, 0.05) is 17.7 Å². The first-order valence-corrected chi connectivity index (χ1v) is 13.0. The first-order chi connectivity index (χ1) is 20.7. The minimum Gasteiger partial charge on any atom is -0.508 e. The van der Waals surface area contributed by atoms with Gasteiger partial charge in [0.05, 0.1) is 6.10 Å². The van der Waals surface area contributed by atoms with Crippen LogP contribution < -0.4 is 10.2 Å². The third-order valence-corrected chi connectivity index (χ3v) is 7.28. The molecule has 0 bridgehead atoms. The molecule has 0 saturated carbocycles. The number of carboxylic acids is 1. The number of aliphatic carboxylic acids is 1. The average molecular weight is 625 g/mol. The Morgan fingerprint density at radius 3 is 2.16 bits per heavy atom. The van der Waals surface area contributed by atoms with Crippen molar-refractivity contribution in [1.82, 2.24) is 0 Å². The molecule has 0 spiro atoms. The number of hydrogen-bond acceptors (Lipinski definition) is 16. The van der Waals surface area contributed by atoms with Gasteiger partial charge >= 0.3 is 5.97 Å². The number of phenols is 4. The van der Waals surface area contributed by atoms with Gasteiger partial charge in [0.15, 0.2) is 35.8 Å². The summed E-state index contributed by atoms with van der Waals surface area (Å²) < 4.78 is 27.8. The Kier molecular flexibility index (Phi) is 8.31. The maximum absolute atomic E-state index is 13.7. The minimum atomic E-state index is -2.16. The van der Waals surface area contributed by atoms with Crippen LogP contribution in [0.1, 0.15) is 6.92 Å². The van der Waals surface area contributed by atoms with E-state index in [0.29, 0.717) is 0 Å². The number of carboxylic acid groups (broad SMARTS) is 1. The predicted molar refractivity (Wildman–Crippen MR) is 141 cm³/mol. The number of aromatic hydroxyl groups is 4. The van der Waals surface area contributed by atoms with Crippen molar-refractivity contribution in [2.45, 2.75) is 68.3 Å². The lowest BCUT2D eigenvalue weighted by Crippen LogP contribution is -2.65. The number of benzene rings is 2. The monoisotopic (exact) mass is 624 g/mol. The first-order valence-electron chi connectivity index (χ1n) is 13.0. The van der Waals surface area contributed by atoms with Crippen molar-refractivity contribution in [3.63, 3.8) is 0 Å². The Bertz CT molecular complexity index is 1620. The minimum absolute atomic E-state index is 0.113. The predicted octanol–water partition coefficient (Wildman–Crippen LogP) is -1.59. The van der Waals surface area contributed by atoms with Crippen LogP contribution >= 0.6 is 0 Å². The van der Waals surface area contributed by atoms with E-state index < -0.39 is 113 Å². The number of hydrogen-bond donors (Lipinski definition) is 10. The van der Waals surface area contributed by atoms with Crippen LogP contribution in [-0.2, 0) is 19.0 Å². The molecule has 0 unspecified atom stereocenters. The molecule has 0 aliphatic carbocycles. The van der Waals surface area contributed by atoms with Crippen LogP contribution in [0.5, 0.6) is 28.7 Å². The lowest BCUT2D eigenvalue weighted by Gasteiger charge is -2.45. The van der Waals surface area contributed by atoms with Crippen LogP contribution in [0.25, 0.3) is 22.3 Å². The molecule has 1 aromatic heterocycles. The van der Waals surface area contributed by atoms with E-state index in [0.717, 1.165) is 24.3 Å². The van der Waals surface area contributed by atoms with Crippen molar-refractivity contribution in [3.8, 4) is 40.1 Å². The standard InChI is InChI=1S/C27H28O17/c1-7-15(32)17(34)20(37)26(40-7)44-24-19(36)18(35)23(25(38)39)43-27(24)42-22-16(33)14-12(31)5-9(28)6-13(14)41-21(22)8-2-3-10(29)11(30)4-8/h2-7,15,17-20,23-24,26-32,34-37H,1H3,(H,38,39)/t7-,15-,17+,18-,19-,20+,23-,24+,26-,27+/m0/s1. The quantitative estimate of drug-likeness (QED) is 0.138. The molecule has 10 N–H and O–H groups in total. The van der Waals surface area contributed by atoms with Crippen molar-refractivity contribution in [2.75, 3.05) is 0 Å². The molecule has 17 heteroatoms. The summed E-state index contributed by atoms with van der Waals surface area (Å²) >= 11 is 0. The molecule has 2 aromatic carbocycles. The third kappa shape index (κ3) is 5.46. The van der Waals surface area contributed by atoms with E-state index in [9.17, 15) is 60.7 Å². The summed E-state index contributed by atoms with van der Waals surface area (Å²) in [6.45, 7) is 1.33. The Balaban J connectivity index is 1.64. The molecule has 2 saturated heterocycles. The smallest absolute Gasteiger partial charge is 0.335 e. The zero-order valence-electron chi connectivity index (χ0n) is 22.5. The molecule has 2 fully saturated rings. The second kappa shape index (κ2) is 11.7. The molecule has 10 atom stereocenters. The van der Waals surface area contributed by atoms with E-state index in [1.807, 2.05) is 0 Å². The number of aliphatic hydroxyl groups excluding tert-OH is 5. The highest BCUT2D eigenvalue weighted by atomic mass is 16.8. The number of fused-ring (bicyclic) bond motifs is 1. The van der Waals surface area contributed by atoms with Crippen LogP contribution in [-0.4, -0.2) is 118 Å². The Hall–Kier alpha value is -4.20. The van der Waals surface area contributed by atoms with Crippen molar-refractivity contribution in [2.24, 2.45) is 0 Å². The summed E-state index contributed by atoms with van der Waals surface area (Å²) in [5, 5.41) is 101. The van der Waals surface area contributed by atoms with Crippen molar-refractivity contribution in [1.29, 1.82) is 0 Å². The Labute approximate surface area is 245 Å². The summed E-state index contributed by atoms with van der Waals surface area (Å²) in [4.78, 5) is 25.6. The summed E-state index contributed by atoms with van der Waals surface area (Å²) in [5.41, 5.74) is -1.60. The van der Waals surface area contributed by atoms with Crippen LogP contribution in [0, 0.1) is 0 Å². The van der Waals surface area contributed by atoms with Gasteiger partial charge in [-0.2, -0.15) is 0 Å². The van der Waals surface area contributed by atoms with Crippen LogP contribution in [0.2, 0.25) is 0 Å². The van der Waals surface area contributed by atoms with Crippen molar-refractivity contribution < 1.29 is 79.2 Å². The van der Waals surface area contributed by atoms with Crippen LogP contribution in [0.3, 0.4) is 0 Å². The highest BCUT2D eigenvalue weighted by Gasteiger charge is 2.53. The zero-order valence-corrected chi connectivity index (χ0v) is 22.5.